The molecule has 0 bridgehead atoms. The molecule has 1 aromatic carbocycles. The number of imidazole rings is 1. The van der Waals surface area contributed by atoms with Crippen LogP contribution >= 0.6 is 0 Å². The highest BCUT2D eigenvalue weighted by Gasteiger charge is 2.33. The summed E-state index contributed by atoms with van der Waals surface area (Å²) in [6.07, 6.45) is -1.60. The van der Waals surface area contributed by atoms with Crippen LogP contribution in [0.1, 0.15) is 24.7 Å². The van der Waals surface area contributed by atoms with Crippen LogP contribution in [0.3, 0.4) is 0 Å². The summed E-state index contributed by atoms with van der Waals surface area (Å²) in [4.78, 5) is 7.04. The molecule has 0 amide bonds. The van der Waals surface area contributed by atoms with Gasteiger partial charge in [0.25, 0.3) is 0 Å². The SMILES string of the molecule is CC(N)CCc1ncc(-c2ccccc2C(F)(F)F)[nH]1. The molecular weight excluding hydrogens is 267 g/mol. The molecule has 2 rings (SSSR count). The maximum Gasteiger partial charge on any atom is 0.417 e. The molecule has 0 fully saturated rings. The van der Waals surface area contributed by atoms with Gasteiger partial charge in [-0.3, -0.25) is 0 Å². The van der Waals surface area contributed by atoms with Crippen molar-refractivity contribution in [1.29, 1.82) is 0 Å². The summed E-state index contributed by atoms with van der Waals surface area (Å²) < 4.78 is 38.8. The Labute approximate surface area is 115 Å². The summed E-state index contributed by atoms with van der Waals surface area (Å²) in [5.74, 6) is 0.647. The van der Waals surface area contributed by atoms with E-state index in [2.05, 4.69) is 9.97 Å². The van der Waals surface area contributed by atoms with Gasteiger partial charge in [0.05, 0.1) is 17.5 Å². The summed E-state index contributed by atoms with van der Waals surface area (Å²) in [7, 11) is 0. The van der Waals surface area contributed by atoms with Gasteiger partial charge in [-0.15, -0.1) is 0 Å². The number of rotatable bonds is 4. The normalized spacial score (nSPS) is 13.4. The number of nitrogens with zero attached hydrogens (tertiary/aromatic N) is 1. The molecule has 6 heteroatoms. The molecule has 20 heavy (non-hydrogen) atoms. The minimum absolute atomic E-state index is 0.0333. The van der Waals surface area contributed by atoms with Crippen molar-refractivity contribution in [1.82, 2.24) is 9.97 Å². The number of nitrogens with one attached hydrogen (secondary N) is 1. The first-order valence-electron chi connectivity index (χ1n) is 6.34. The molecule has 0 aliphatic rings. The Morgan fingerprint density at radius 1 is 1.30 bits per heavy atom. The van der Waals surface area contributed by atoms with Crippen LogP contribution in [-0.2, 0) is 12.6 Å². The van der Waals surface area contributed by atoms with Crippen molar-refractivity contribution in [3.8, 4) is 11.3 Å². The summed E-state index contributed by atoms with van der Waals surface area (Å²) in [5.41, 5.74) is 5.47. The van der Waals surface area contributed by atoms with Crippen LogP contribution in [0.2, 0.25) is 0 Å². The Balaban J connectivity index is 2.29. The summed E-state index contributed by atoms with van der Waals surface area (Å²) in [6.45, 7) is 1.88. The van der Waals surface area contributed by atoms with Gasteiger partial charge in [0.2, 0.25) is 0 Å². The standard InChI is InChI=1S/C14H16F3N3/c1-9(18)6-7-13-19-8-12(20-13)10-4-2-3-5-11(10)14(15,16)17/h2-5,8-9H,6-7,18H2,1H3,(H,19,20). The number of halogens is 3. The Kier molecular flexibility index (Phi) is 4.13. The van der Waals surface area contributed by atoms with E-state index in [4.69, 9.17) is 5.73 Å². The van der Waals surface area contributed by atoms with Crippen molar-refractivity contribution in [2.75, 3.05) is 0 Å². The number of aromatic amines is 1. The second-order valence-corrected chi connectivity index (χ2v) is 4.80. The van der Waals surface area contributed by atoms with E-state index < -0.39 is 11.7 Å². The van der Waals surface area contributed by atoms with Gasteiger partial charge in [-0.2, -0.15) is 13.2 Å². The Hall–Kier alpha value is -1.82. The zero-order valence-corrected chi connectivity index (χ0v) is 11.0. The molecule has 0 saturated heterocycles. The smallest absolute Gasteiger partial charge is 0.342 e. The number of aryl methyl sites for hydroxylation is 1. The molecule has 1 atom stereocenters. The third-order valence-corrected chi connectivity index (χ3v) is 2.99. The van der Waals surface area contributed by atoms with Crippen LogP contribution in [-0.4, -0.2) is 16.0 Å². The van der Waals surface area contributed by atoms with E-state index in [9.17, 15) is 13.2 Å². The second kappa shape index (κ2) is 5.66. The predicted molar refractivity (Wildman–Crippen MR) is 71.0 cm³/mol. The zero-order valence-electron chi connectivity index (χ0n) is 11.0. The number of hydrogen-bond acceptors (Lipinski definition) is 2. The first kappa shape index (κ1) is 14.6. The molecule has 3 N–H and O–H groups in total. The van der Waals surface area contributed by atoms with E-state index in [-0.39, 0.29) is 11.6 Å². The van der Waals surface area contributed by atoms with Crippen LogP contribution in [0.5, 0.6) is 0 Å². The fourth-order valence-electron chi connectivity index (χ4n) is 1.96. The van der Waals surface area contributed by atoms with Crippen molar-refractivity contribution < 1.29 is 13.2 Å². The van der Waals surface area contributed by atoms with Gasteiger partial charge in [0, 0.05) is 18.0 Å². The van der Waals surface area contributed by atoms with Gasteiger partial charge < -0.3 is 10.7 Å². The number of benzene rings is 1. The van der Waals surface area contributed by atoms with Crippen LogP contribution in [0.4, 0.5) is 13.2 Å². The molecule has 108 valence electrons. The molecule has 2 aromatic rings. The summed E-state index contributed by atoms with van der Waals surface area (Å²) in [5, 5.41) is 0. The fraction of sp³-hybridized carbons (Fsp3) is 0.357. The Bertz CT molecular complexity index is 573. The number of nitrogens with two attached hydrogens (primary N) is 1. The predicted octanol–water partition coefficient (Wildman–Crippen LogP) is 3.38. The van der Waals surface area contributed by atoms with E-state index in [1.807, 2.05) is 6.92 Å². The third kappa shape index (κ3) is 3.39. The quantitative estimate of drug-likeness (QED) is 0.903. The fourth-order valence-corrected chi connectivity index (χ4v) is 1.96. The van der Waals surface area contributed by atoms with Gasteiger partial charge in [0.1, 0.15) is 5.82 Å². The lowest BCUT2D eigenvalue weighted by Crippen LogP contribution is -2.15. The van der Waals surface area contributed by atoms with Gasteiger partial charge in [0.15, 0.2) is 0 Å². The summed E-state index contributed by atoms with van der Waals surface area (Å²) in [6, 6.07) is 5.49. The monoisotopic (exact) mass is 283 g/mol. The topological polar surface area (TPSA) is 54.7 Å². The number of alkyl halides is 3. The largest absolute Gasteiger partial charge is 0.417 e. The molecule has 0 radical (unpaired) electrons. The second-order valence-electron chi connectivity index (χ2n) is 4.80. The molecule has 1 heterocycles. The third-order valence-electron chi connectivity index (χ3n) is 2.99. The lowest BCUT2D eigenvalue weighted by atomic mass is 10.0. The lowest BCUT2D eigenvalue weighted by Gasteiger charge is -2.11. The highest BCUT2D eigenvalue weighted by Crippen LogP contribution is 2.36. The van der Waals surface area contributed by atoms with Crippen LogP contribution in [0.25, 0.3) is 11.3 Å². The summed E-state index contributed by atoms with van der Waals surface area (Å²) >= 11 is 0. The van der Waals surface area contributed by atoms with Crippen molar-refractivity contribution in [3.63, 3.8) is 0 Å². The van der Waals surface area contributed by atoms with Crippen molar-refractivity contribution >= 4 is 0 Å². The van der Waals surface area contributed by atoms with E-state index in [1.165, 1.54) is 18.3 Å². The zero-order chi connectivity index (χ0) is 14.8. The average molecular weight is 283 g/mol. The molecule has 0 spiro atoms. The van der Waals surface area contributed by atoms with Crippen molar-refractivity contribution in [3.05, 3.63) is 41.9 Å². The Morgan fingerprint density at radius 2 is 2.00 bits per heavy atom. The number of hydrogen-bond donors (Lipinski definition) is 2. The van der Waals surface area contributed by atoms with Gasteiger partial charge >= 0.3 is 6.18 Å². The van der Waals surface area contributed by atoms with Crippen molar-refractivity contribution in [2.45, 2.75) is 32.0 Å². The van der Waals surface area contributed by atoms with Crippen LogP contribution < -0.4 is 5.73 Å². The molecule has 1 aromatic heterocycles. The first-order chi connectivity index (χ1) is 9.38. The molecule has 0 aliphatic heterocycles. The minimum atomic E-state index is -4.38. The number of H-pyrrole nitrogens is 1. The maximum absolute atomic E-state index is 12.9. The average Bonchev–Trinajstić information content (AvgIpc) is 2.84. The van der Waals surface area contributed by atoms with E-state index in [1.54, 1.807) is 6.07 Å². The van der Waals surface area contributed by atoms with Gasteiger partial charge in [-0.1, -0.05) is 18.2 Å². The highest BCUT2D eigenvalue weighted by molar-refractivity contribution is 5.64. The Morgan fingerprint density at radius 3 is 2.65 bits per heavy atom. The van der Waals surface area contributed by atoms with Crippen LogP contribution in [0.15, 0.2) is 30.5 Å². The molecule has 1 unspecified atom stereocenters. The van der Waals surface area contributed by atoms with Crippen molar-refractivity contribution in [2.24, 2.45) is 5.73 Å². The highest BCUT2D eigenvalue weighted by atomic mass is 19.4. The van der Waals surface area contributed by atoms with E-state index in [0.717, 1.165) is 12.5 Å². The number of aromatic nitrogens is 2. The van der Waals surface area contributed by atoms with E-state index >= 15 is 0 Å². The lowest BCUT2D eigenvalue weighted by molar-refractivity contribution is -0.137. The molecule has 0 saturated carbocycles. The molecule has 0 aliphatic carbocycles. The van der Waals surface area contributed by atoms with E-state index in [0.29, 0.717) is 17.9 Å². The minimum Gasteiger partial charge on any atom is -0.342 e. The van der Waals surface area contributed by atoms with Crippen LogP contribution in [0, 0.1) is 0 Å². The van der Waals surface area contributed by atoms with Gasteiger partial charge in [-0.25, -0.2) is 4.98 Å². The molecular formula is C14H16F3N3. The first-order valence-corrected chi connectivity index (χ1v) is 6.34. The maximum atomic E-state index is 12.9. The molecule has 3 nitrogen and oxygen atoms in total. The van der Waals surface area contributed by atoms with Gasteiger partial charge in [-0.05, 0) is 19.4 Å².